The Labute approximate surface area is 375 Å². The number of hydrogen-bond acceptors (Lipinski definition) is 10. The van der Waals surface area contributed by atoms with Gasteiger partial charge in [-0.15, -0.1) is 22.7 Å². The van der Waals surface area contributed by atoms with E-state index in [2.05, 4.69) is 19.8 Å². The normalized spacial score (nSPS) is 15.5. The van der Waals surface area contributed by atoms with Gasteiger partial charge in [0.05, 0.1) is 26.2 Å². The van der Waals surface area contributed by atoms with E-state index < -0.39 is 25.9 Å². The van der Waals surface area contributed by atoms with Gasteiger partial charge in [-0.1, -0.05) is 52.5 Å². The molecule has 2 aromatic heterocycles. The van der Waals surface area contributed by atoms with Gasteiger partial charge in [0, 0.05) is 91.0 Å². The lowest BCUT2D eigenvalue weighted by molar-refractivity contribution is 0.384. The molecule has 60 heavy (non-hydrogen) atoms. The zero-order valence-electron chi connectivity index (χ0n) is 31.5. The molecule has 0 radical (unpaired) electrons. The van der Waals surface area contributed by atoms with Gasteiger partial charge >= 0.3 is 0 Å². The average molecular weight is 973 g/mol. The van der Waals surface area contributed by atoms with Crippen molar-refractivity contribution < 1.29 is 25.6 Å². The maximum absolute atomic E-state index is 13.6. The van der Waals surface area contributed by atoms with Crippen molar-refractivity contribution in [3.8, 4) is 0 Å². The van der Waals surface area contributed by atoms with Crippen molar-refractivity contribution >= 4 is 99.4 Å². The van der Waals surface area contributed by atoms with Crippen LogP contribution in [0.15, 0.2) is 105 Å². The summed E-state index contributed by atoms with van der Waals surface area (Å²) in [6.07, 6.45) is 0.994. The van der Waals surface area contributed by atoms with Gasteiger partial charge in [-0.25, -0.2) is 35.6 Å². The first-order valence-electron chi connectivity index (χ1n) is 18.4. The van der Waals surface area contributed by atoms with Gasteiger partial charge in [-0.3, -0.25) is 0 Å². The van der Waals surface area contributed by atoms with Crippen molar-refractivity contribution in [1.29, 1.82) is 0 Å². The van der Waals surface area contributed by atoms with Gasteiger partial charge in [-0.05, 0) is 90.0 Å². The van der Waals surface area contributed by atoms with Crippen LogP contribution >= 0.6 is 69.1 Å². The van der Waals surface area contributed by atoms with E-state index in [4.69, 9.17) is 46.4 Å². The molecule has 0 saturated carbocycles. The Bertz CT molecular complexity index is 2640. The summed E-state index contributed by atoms with van der Waals surface area (Å²) in [5.74, 6) is -0.811. The average Bonchev–Trinajstić information content (AvgIpc) is 3.90. The Hall–Kier alpha value is -3.42. The highest BCUT2D eigenvalue weighted by Gasteiger charge is 2.31. The Morgan fingerprint density at radius 2 is 0.983 bits per heavy atom. The number of halogens is 6. The van der Waals surface area contributed by atoms with E-state index in [0.29, 0.717) is 80.3 Å². The highest BCUT2D eigenvalue weighted by molar-refractivity contribution is 7.89. The molecule has 0 unspecified atom stereocenters. The fraction of sp³-hybridized carbons (Fsp3) is 0.250. The molecule has 6 aromatic rings. The van der Waals surface area contributed by atoms with Crippen LogP contribution in [0.25, 0.3) is 0 Å². The molecule has 2 aliphatic heterocycles. The molecule has 2 fully saturated rings. The minimum Gasteiger partial charge on any atom is -0.345 e. The second-order valence-corrected chi connectivity index (χ2v) is 21.1. The number of sulfonamides is 2. The first kappa shape index (κ1) is 44.6. The summed E-state index contributed by atoms with van der Waals surface area (Å²) in [4.78, 5) is 13.9. The number of rotatable bonds is 10. The van der Waals surface area contributed by atoms with Crippen LogP contribution in [-0.2, 0) is 32.9 Å². The highest BCUT2D eigenvalue weighted by atomic mass is 35.5. The molecule has 8 rings (SSSR count). The minimum absolute atomic E-state index is 0.101. The molecule has 4 heterocycles. The summed E-state index contributed by atoms with van der Waals surface area (Å²) in [6.45, 7) is 3.70. The minimum atomic E-state index is -3.55. The number of thiazole rings is 2. The van der Waals surface area contributed by atoms with E-state index in [0.717, 1.165) is 32.8 Å². The molecular formula is C40H36Cl4F2N6O4S4. The number of hydrogen-bond donors (Lipinski definition) is 0. The third-order valence-corrected chi connectivity index (χ3v) is 16.4. The smallest absolute Gasteiger partial charge is 0.243 e. The molecule has 2 aliphatic rings. The highest BCUT2D eigenvalue weighted by Crippen LogP contribution is 2.29. The number of piperazine rings is 2. The largest absolute Gasteiger partial charge is 0.345 e. The monoisotopic (exact) mass is 970 g/mol. The Morgan fingerprint density at radius 1 is 0.533 bits per heavy atom. The molecular weight excluding hydrogens is 937 g/mol. The Balaban J connectivity index is 0.000000181. The van der Waals surface area contributed by atoms with E-state index in [1.54, 1.807) is 42.5 Å². The summed E-state index contributed by atoms with van der Waals surface area (Å²) in [5, 5.41) is 7.00. The van der Waals surface area contributed by atoms with Gasteiger partial charge in [0.25, 0.3) is 0 Å². The van der Waals surface area contributed by atoms with Crippen LogP contribution < -0.4 is 9.80 Å². The summed E-state index contributed by atoms with van der Waals surface area (Å²) >= 11 is 26.4. The Morgan fingerprint density at radius 3 is 1.42 bits per heavy atom. The molecule has 0 aliphatic carbocycles. The van der Waals surface area contributed by atoms with Crippen LogP contribution in [0.3, 0.4) is 0 Å². The maximum atomic E-state index is 13.6. The molecule has 0 bridgehead atoms. The zero-order valence-corrected chi connectivity index (χ0v) is 37.8. The van der Waals surface area contributed by atoms with E-state index in [-0.39, 0.29) is 20.6 Å². The van der Waals surface area contributed by atoms with Crippen molar-refractivity contribution in [3.05, 3.63) is 150 Å². The molecule has 0 spiro atoms. The van der Waals surface area contributed by atoms with E-state index in [1.807, 2.05) is 10.8 Å². The summed E-state index contributed by atoms with van der Waals surface area (Å²) in [7, 11) is -7.09. The van der Waals surface area contributed by atoms with Gasteiger partial charge in [0.15, 0.2) is 10.3 Å². The van der Waals surface area contributed by atoms with Crippen LogP contribution in [0.2, 0.25) is 20.1 Å². The van der Waals surface area contributed by atoms with Crippen LogP contribution in [0.4, 0.5) is 19.0 Å². The van der Waals surface area contributed by atoms with Crippen molar-refractivity contribution in [2.75, 3.05) is 62.2 Å². The number of nitrogens with zero attached hydrogens (tertiary/aromatic N) is 6. The van der Waals surface area contributed by atoms with Gasteiger partial charge in [0.2, 0.25) is 20.0 Å². The maximum Gasteiger partial charge on any atom is 0.243 e. The van der Waals surface area contributed by atoms with Crippen LogP contribution in [0.1, 0.15) is 22.5 Å². The fourth-order valence-electron chi connectivity index (χ4n) is 6.58. The lowest BCUT2D eigenvalue weighted by Gasteiger charge is -2.33. The quantitative estimate of drug-likeness (QED) is 0.134. The first-order chi connectivity index (χ1) is 28.6. The third-order valence-electron chi connectivity index (χ3n) is 9.68. The van der Waals surface area contributed by atoms with Crippen molar-refractivity contribution in [2.45, 2.75) is 22.6 Å². The second kappa shape index (κ2) is 19.3. The number of anilines is 2. The van der Waals surface area contributed by atoms with Crippen molar-refractivity contribution in [2.24, 2.45) is 0 Å². The van der Waals surface area contributed by atoms with Gasteiger partial charge in [0.1, 0.15) is 11.6 Å². The number of aromatic nitrogens is 2. The van der Waals surface area contributed by atoms with Gasteiger partial charge < -0.3 is 9.80 Å². The molecule has 0 N–H and O–H groups in total. The molecule has 316 valence electrons. The molecule has 0 atom stereocenters. The van der Waals surface area contributed by atoms with Gasteiger partial charge in [-0.2, -0.15) is 8.61 Å². The molecule has 2 saturated heterocycles. The zero-order chi connectivity index (χ0) is 42.6. The molecule has 4 aromatic carbocycles. The lowest BCUT2D eigenvalue weighted by atomic mass is 10.1. The van der Waals surface area contributed by atoms with Crippen LogP contribution in [0.5, 0.6) is 0 Å². The summed E-state index contributed by atoms with van der Waals surface area (Å²) in [5.41, 5.74) is 3.23. The molecule has 20 heteroatoms. The van der Waals surface area contributed by atoms with Crippen LogP contribution in [-0.4, -0.2) is 87.8 Å². The number of benzene rings is 4. The molecule has 0 amide bonds. The predicted octanol–water partition coefficient (Wildman–Crippen LogP) is 9.38. The lowest BCUT2D eigenvalue weighted by Crippen LogP contribution is -2.48. The molecule has 10 nitrogen and oxygen atoms in total. The topological polar surface area (TPSA) is 107 Å². The summed E-state index contributed by atoms with van der Waals surface area (Å²) in [6, 6.07) is 21.6. The van der Waals surface area contributed by atoms with Crippen molar-refractivity contribution in [3.63, 3.8) is 0 Å². The predicted molar refractivity (Wildman–Crippen MR) is 238 cm³/mol. The third kappa shape index (κ3) is 11.0. The summed E-state index contributed by atoms with van der Waals surface area (Å²) < 4.78 is 81.4. The second-order valence-electron chi connectivity index (χ2n) is 13.8. The first-order valence-corrected chi connectivity index (χ1v) is 24.6. The SMILES string of the molecule is O=S(=O)(c1ccc(Cl)cc1)N1CCN(c2nc(Cc3cc(F)cc(Cl)c3)cs2)CC1.O=S(=O)(c1ccc(Cl)cc1)N1CCN(c2nc(Cc3ccc(Cl)c(F)c3)cs2)CC1. The van der Waals surface area contributed by atoms with E-state index in [1.165, 1.54) is 73.7 Å². The Kier molecular flexibility index (Phi) is 14.4. The fourth-order valence-corrected chi connectivity index (χ4v) is 11.8. The van der Waals surface area contributed by atoms with Crippen molar-refractivity contribution in [1.82, 2.24) is 18.6 Å². The standard InChI is InChI=1S/2C20H18Cl2FN3O2S2/c21-15-2-4-17(5-3-15)30(27,28)26-9-7-25(8-10-26)20-24-16(13-29-20)11-14-1-6-18(22)19(23)12-14;21-15-1-3-19(4-2-15)30(27,28)26-7-5-25(6-8-26)20-24-18(13-29-20)11-14-9-16(22)12-17(23)10-14/h1-6,12-13H,7-11H2;1-4,9-10,12-13H,5-8,11H2. The van der Waals surface area contributed by atoms with E-state index >= 15 is 0 Å². The van der Waals surface area contributed by atoms with E-state index in [9.17, 15) is 25.6 Å². The van der Waals surface area contributed by atoms with Crippen LogP contribution in [0, 0.1) is 11.6 Å².